The third-order valence-electron chi connectivity index (χ3n) is 1.06. The van der Waals surface area contributed by atoms with Crippen LogP contribution in [0.15, 0.2) is 0 Å². The van der Waals surface area contributed by atoms with Gasteiger partial charge in [0, 0.05) is 0 Å². The van der Waals surface area contributed by atoms with Gasteiger partial charge in [-0.3, -0.25) is 0 Å². The molecule has 0 rings (SSSR count). The summed E-state index contributed by atoms with van der Waals surface area (Å²) in [6.07, 6.45) is 0. The first kappa shape index (κ1) is 10.2. The molecule has 0 aliphatic rings. The lowest BCUT2D eigenvalue weighted by Crippen LogP contribution is -2.18. The molecule has 0 aromatic heterocycles. The molecule has 0 unspecified atom stereocenters. The quantitative estimate of drug-likeness (QED) is 0.625. The molecular formula is C6H13ClO2S. The molecule has 0 aliphatic carbocycles. The van der Waals surface area contributed by atoms with E-state index in [1.54, 1.807) is 0 Å². The zero-order valence-electron chi connectivity index (χ0n) is 6.46. The highest BCUT2D eigenvalue weighted by molar-refractivity contribution is 7.93. The summed E-state index contributed by atoms with van der Waals surface area (Å²) in [5, 5.41) is 0. The van der Waals surface area contributed by atoms with Gasteiger partial charge in [-0.05, 0) is 12.8 Å². The van der Waals surface area contributed by atoms with Crippen LogP contribution in [-0.4, -0.2) is 18.9 Å². The van der Waals surface area contributed by atoms with Gasteiger partial charge in [0.25, 0.3) is 0 Å². The maximum Gasteiger partial charge on any atom is 0.167 e. The third-order valence-corrected chi connectivity index (χ3v) is 4.00. The second-order valence-electron chi connectivity index (χ2n) is 2.77. The highest BCUT2D eigenvalue weighted by atomic mass is 35.5. The van der Waals surface area contributed by atoms with Crippen molar-refractivity contribution in [2.75, 3.05) is 5.75 Å². The van der Waals surface area contributed by atoms with Crippen LogP contribution in [0.3, 0.4) is 0 Å². The molecular weight excluding hydrogens is 172 g/mol. The van der Waals surface area contributed by atoms with Crippen LogP contribution < -0.4 is 0 Å². The lowest BCUT2D eigenvalue weighted by atomic mass is 10.3. The number of hydrogen-bond acceptors (Lipinski definition) is 2. The lowest BCUT2D eigenvalue weighted by molar-refractivity contribution is 0.580. The Labute approximate surface area is 67.5 Å². The number of halogens is 1. The molecule has 0 aromatic rings. The molecule has 0 aliphatic heterocycles. The van der Waals surface area contributed by atoms with Crippen LogP contribution in [0.25, 0.3) is 0 Å². The minimum absolute atomic E-state index is 0.159. The van der Waals surface area contributed by atoms with Crippen molar-refractivity contribution in [2.45, 2.75) is 25.5 Å². The highest BCUT2D eigenvalue weighted by Crippen LogP contribution is 2.09. The highest BCUT2D eigenvalue weighted by Gasteiger charge is 2.18. The summed E-state index contributed by atoms with van der Waals surface area (Å²) in [7, 11) is -3.03. The maximum absolute atomic E-state index is 11.0. The predicted octanol–water partition coefficient (Wildman–Crippen LogP) is 1.64. The maximum atomic E-state index is 11.0. The minimum Gasteiger partial charge on any atom is -0.227 e. The fraction of sp³-hybridized carbons (Fsp3) is 1.00. The molecule has 0 fully saturated rings. The summed E-state index contributed by atoms with van der Waals surface area (Å²) in [5.74, 6) is 0.337. The van der Waals surface area contributed by atoms with Gasteiger partial charge in [-0.15, -0.1) is 11.6 Å². The van der Waals surface area contributed by atoms with E-state index >= 15 is 0 Å². The zero-order valence-corrected chi connectivity index (χ0v) is 8.04. The van der Waals surface area contributed by atoms with Crippen LogP contribution in [0.2, 0.25) is 0 Å². The van der Waals surface area contributed by atoms with E-state index in [9.17, 15) is 8.42 Å². The van der Waals surface area contributed by atoms with Crippen LogP contribution in [-0.2, 0) is 9.84 Å². The van der Waals surface area contributed by atoms with E-state index in [1.165, 1.54) is 6.92 Å². The summed E-state index contributed by atoms with van der Waals surface area (Å²) in [5.41, 5.74) is 0. The number of sulfone groups is 1. The SMILES string of the molecule is CC(C)CS(=O)(=O)[C@@H](C)Cl. The molecule has 1 atom stereocenters. The van der Waals surface area contributed by atoms with Crippen molar-refractivity contribution in [1.29, 1.82) is 0 Å². The summed E-state index contributed by atoms with van der Waals surface area (Å²) < 4.78 is 21.3. The van der Waals surface area contributed by atoms with Gasteiger partial charge in [0.05, 0.1) is 5.75 Å². The van der Waals surface area contributed by atoms with E-state index < -0.39 is 14.5 Å². The Hall–Kier alpha value is 0.240. The molecule has 2 nitrogen and oxygen atoms in total. The van der Waals surface area contributed by atoms with Crippen molar-refractivity contribution in [2.24, 2.45) is 5.92 Å². The predicted molar refractivity (Wildman–Crippen MR) is 43.9 cm³/mol. The molecule has 0 aromatic carbocycles. The first-order valence-electron chi connectivity index (χ1n) is 3.22. The van der Waals surface area contributed by atoms with Crippen molar-refractivity contribution in [3.8, 4) is 0 Å². The van der Waals surface area contributed by atoms with E-state index in [0.29, 0.717) is 0 Å². The lowest BCUT2D eigenvalue weighted by Gasteiger charge is -2.07. The molecule has 0 saturated heterocycles. The Morgan fingerprint density at radius 2 is 1.70 bits per heavy atom. The number of rotatable bonds is 3. The summed E-state index contributed by atoms with van der Waals surface area (Å²) >= 11 is 5.43. The van der Waals surface area contributed by atoms with Crippen LogP contribution in [0, 0.1) is 5.92 Å². The molecule has 4 heteroatoms. The Kier molecular flexibility index (Phi) is 3.66. The molecule has 0 bridgehead atoms. The molecule has 62 valence electrons. The average Bonchev–Trinajstić information content (AvgIpc) is 1.60. The second kappa shape index (κ2) is 3.58. The van der Waals surface area contributed by atoms with Gasteiger partial charge in [0.1, 0.15) is 4.71 Å². The summed E-state index contributed by atoms with van der Waals surface area (Å²) in [4.78, 5) is 0. The normalized spacial score (nSPS) is 15.7. The second-order valence-corrected chi connectivity index (χ2v) is 6.05. The van der Waals surface area contributed by atoms with Crippen LogP contribution in [0.5, 0.6) is 0 Å². The van der Waals surface area contributed by atoms with Crippen molar-refractivity contribution >= 4 is 21.4 Å². The first-order valence-corrected chi connectivity index (χ1v) is 5.37. The standard InChI is InChI=1S/C6H13ClO2S/c1-5(2)4-10(8,9)6(3)7/h5-6H,4H2,1-3H3/t6-/m0/s1. The van der Waals surface area contributed by atoms with Gasteiger partial charge in [0.15, 0.2) is 9.84 Å². The van der Waals surface area contributed by atoms with E-state index in [0.717, 1.165) is 0 Å². The molecule has 0 heterocycles. The molecule has 10 heavy (non-hydrogen) atoms. The molecule has 0 spiro atoms. The van der Waals surface area contributed by atoms with Gasteiger partial charge in [-0.1, -0.05) is 13.8 Å². The summed E-state index contributed by atoms with van der Waals surface area (Å²) in [6.45, 7) is 5.20. The number of alkyl halides is 1. The number of hydrogen-bond donors (Lipinski definition) is 0. The van der Waals surface area contributed by atoms with Crippen molar-refractivity contribution in [3.63, 3.8) is 0 Å². The third kappa shape index (κ3) is 3.42. The zero-order chi connectivity index (χ0) is 8.36. The molecule has 0 N–H and O–H groups in total. The van der Waals surface area contributed by atoms with Gasteiger partial charge < -0.3 is 0 Å². The van der Waals surface area contributed by atoms with Crippen LogP contribution >= 0.6 is 11.6 Å². The van der Waals surface area contributed by atoms with Gasteiger partial charge >= 0.3 is 0 Å². The first-order chi connectivity index (χ1) is 4.36. The fourth-order valence-electron chi connectivity index (χ4n) is 0.597. The van der Waals surface area contributed by atoms with Gasteiger partial charge in [-0.2, -0.15) is 0 Å². The van der Waals surface area contributed by atoms with Gasteiger partial charge in [-0.25, -0.2) is 8.42 Å². The van der Waals surface area contributed by atoms with Crippen LogP contribution in [0.1, 0.15) is 20.8 Å². The monoisotopic (exact) mass is 184 g/mol. The largest absolute Gasteiger partial charge is 0.227 e. The van der Waals surface area contributed by atoms with Crippen molar-refractivity contribution in [1.82, 2.24) is 0 Å². The summed E-state index contributed by atoms with van der Waals surface area (Å²) in [6, 6.07) is 0. The Balaban J connectivity index is 4.16. The van der Waals surface area contributed by atoms with E-state index in [2.05, 4.69) is 0 Å². The Morgan fingerprint density at radius 3 is 1.80 bits per heavy atom. The average molecular weight is 185 g/mol. The topological polar surface area (TPSA) is 34.1 Å². The molecule has 0 radical (unpaired) electrons. The fourth-order valence-corrected chi connectivity index (χ4v) is 2.01. The van der Waals surface area contributed by atoms with E-state index in [1.807, 2.05) is 13.8 Å². The van der Waals surface area contributed by atoms with Crippen molar-refractivity contribution < 1.29 is 8.42 Å². The van der Waals surface area contributed by atoms with Crippen molar-refractivity contribution in [3.05, 3.63) is 0 Å². The Morgan fingerprint density at radius 1 is 1.30 bits per heavy atom. The Bertz CT molecular complexity index is 182. The van der Waals surface area contributed by atoms with Gasteiger partial charge in [0.2, 0.25) is 0 Å². The van der Waals surface area contributed by atoms with Crippen LogP contribution in [0.4, 0.5) is 0 Å². The van der Waals surface area contributed by atoms with E-state index in [-0.39, 0.29) is 11.7 Å². The molecule has 0 amide bonds. The minimum atomic E-state index is -3.03. The smallest absolute Gasteiger partial charge is 0.167 e. The molecule has 0 saturated carbocycles. The van der Waals surface area contributed by atoms with E-state index in [4.69, 9.17) is 11.6 Å².